The number of alkyl halides is 3. The van der Waals surface area contributed by atoms with E-state index in [2.05, 4.69) is 5.32 Å². The van der Waals surface area contributed by atoms with Gasteiger partial charge in [0.05, 0.1) is 12.7 Å². The second-order valence-corrected chi connectivity index (χ2v) is 5.89. The topological polar surface area (TPSA) is 41.5 Å². The molecule has 1 atom stereocenters. The van der Waals surface area contributed by atoms with Crippen LogP contribution in [-0.4, -0.2) is 18.8 Å². The van der Waals surface area contributed by atoms with Crippen molar-refractivity contribution < 1.29 is 23.0 Å². The molecule has 3 nitrogen and oxygen atoms in total. The Hall–Kier alpha value is -2.21. The van der Waals surface area contributed by atoms with Crippen LogP contribution >= 0.6 is 0 Å². The van der Waals surface area contributed by atoms with Crippen molar-refractivity contribution in [3.05, 3.63) is 59.2 Å². The fourth-order valence-electron chi connectivity index (χ4n) is 2.40. The van der Waals surface area contributed by atoms with Crippen molar-refractivity contribution in [1.82, 2.24) is 0 Å². The molecule has 0 saturated carbocycles. The van der Waals surface area contributed by atoms with Crippen LogP contribution in [0.5, 0.6) is 5.75 Å². The third-order valence-corrected chi connectivity index (χ3v) is 3.84. The van der Waals surface area contributed by atoms with Gasteiger partial charge in [0.1, 0.15) is 11.4 Å². The van der Waals surface area contributed by atoms with Crippen molar-refractivity contribution in [2.45, 2.75) is 25.6 Å². The highest BCUT2D eigenvalue weighted by molar-refractivity contribution is 5.51. The lowest BCUT2D eigenvalue weighted by Crippen LogP contribution is -2.31. The summed E-state index contributed by atoms with van der Waals surface area (Å²) >= 11 is 0. The summed E-state index contributed by atoms with van der Waals surface area (Å²) in [5, 5.41) is 13.6. The van der Waals surface area contributed by atoms with Gasteiger partial charge in [-0.05, 0) is 55.3 Å². The molecule has 1 unspecified atom stereocenters. The van der Waals surface area contributed by atoms with Gasteiger partial charge in [0, 0.05) is 12.2 Å². The van der Waals surface area contributed by atoms with Crippen LogP contribution < -0.4 is 10.1 Å². The third-order valence-electron chi connectivity index (χ3n) is 3.84. The summed E-state index contributed by atoms with van der Waals surface area (Å²) in [6.07, 6.45) is -4.44. The second kappa shape index (κ2) is 6.73. The molecule has 0 aliphatic heterocycles. The number of rotatable bonds is 5. The molecule has 0 aromatic heterocycles. The molecule has 0 bridgehead atoms. The average molecular weight is 339 g/mol. The van der Waals surface area contributed by atoms with Crippen LogP contribution in [0.4, 0.5) is 18.9 Å². The fraction of sp³-hybridized carbons (Fsp3) is 0.333. The number of aryl methyl sites for hydroxylation is 1. The lowest BCUT2D eigenvalue weighted by Gasteiger charge is -2.26. The number of benzene rings is 2. The monoisotopic (exact) mass is 339 g/mol. The Balaban J connectivity index is 2.15. The van der Waals surface area contributed by atoms with Crippen molar-refractivity contribution >= 4 is 5.69 Å². The maximum atomic E-state index is 12.8. The highest BCUT2D eigenvalue weighted by Crippen LogP contribution is 2.32. The van der Waals surface area contributed by atoms with Crippen LogP contribution in [0.3, 0.4) is 0 Å². The smallest absolute Gasteiger partial charge is 0.416 e. The van der Waals surface area contributed by atoms with Crippen LogP contribution in [0.25, 0.3) is 0 Å². The molecular weight excluding hydrogens is 319 g/mol. The fourth-order valence-corrected chi connectivity index (χ4v) is 2.40. The molecule has 0 saturated heterocycles. The van der Waals surface area contributed by atoms with E-state index >= 15 is 0 Å². The van der Waals surface area contributed by atoms with Crippen LogP contribution in [0, 0.1) is 6.92 Å². The first-order valence-electron chi connectivity index (χ1n) is 7.42. The van der Waals surface area contributed by atoms with E-state index in [9.17, 15) is 18.3 Å². The predicted molar refractivity (Wildman–Crippen MR) is 87.2 cm³/mol. The highest BCUT2D eigenvalue weighted by Gasteiger charge is 2.32. The lowest BCUT2D eigenvalue weighted by atomic mass is 9.94. The molecule has 2 aromatic rings. The van der Waals surface area contributed by atoms with E-state index in [1.54, 1.807) is 19.2 Å². The molecule has 2 rings (SSSR count). The number of nitrogens with one attached hydrogen (secondary N) is 1. The number of hydrogen-bond donors (Lipinski definition) is 2. The minimum absolute atomic E-state index is 0.0695. The highest BCUT2D eigenvalue weighted by atomic mass is 19.4. The van der Waals surface area contributed by atoms with E-state index < -0.39 is 17.3 Å². The zero-order chi connectivity index (χ0) is 18.0. The Labute approximate surface area is 139 Å². The first-order valence-corrected chi connectivity index (χ1v) is 7.42. The van der Waals surface area contributed by atoms with Crippen LogP contribution in [0.1, 0.15) is 23.6 Å². The normalized spacial score (nSPS) is 14.1. The lowest BCUT2D eigenvalue weighted by molar-refractivity contribution is -0.137. The van der Waals surface area contributed by atoms with E-state index in [1.165, 1.54) is 19.1 Å². The molecule has 0 aliphatic rings. The zero-order valence-corrected chi connectivity index (χ0v) is 13.7. The maximum absolute atomic E-state index is 12.8. The van der Waals surface area contributed by atoms with E-state index in [-0.39, 0.29) is 12.1 Å². The molecule has 0 amide bonds. The Morgan fingerprint density at radius 1 is 1.08 bits per heavy atom. The average Bonchev–Trinajstić information content (AvgIpc) is 2.52. The second-order valence-electron chi connectivity index (χ2n) is 5.89. The first-order chi connectivity index (χ1) is 11.1. The van der Waals surface area contributed by atoms with E-state index in [1.807, 2.05) is 13.0 Å². The number of ether oxygens (including phenoxy) is 1. The van der Waals surface area contributed by atoms with Gasteiger partial charge in [-0.15, -0.1) is 0 Å². The molecule has 2 N–H and O–H groups in total. The van der Waals surface area contributed by atoms with Crippen molar-refractivity contribution in [3.63, 3.8) is 0 Å². The molecule has 0 radical (unpaired) electrons. The number of aliphatic hydroxyl groups is 1. The summed E-state index contributed by atoms with van der Waals surface area (Å²) < 4.78 is 43.6. The minimum Gasteiger partial charge on any atom is -0.496 e. The largest absolute Gasteiger partial charge is 0.496 e. The standard InChI is InChI=1S/C18H20F3NO2/c1-12-9-15(7-8-16(12)24-3)22-11-17(2,23)13-5-4-6-14(10-13)18(19,20)21/h4-10,22-23H,11H2,1-3H3. The summed E-state index contributed by atoms with van der Waals surface area (Å²) in [4.78, 5) is 0. The third kappa shape index (κ3) is 4.20. The van der Waals surface area contributed by atoms with Crippen molar-refractivity contribution in [1.29, 1.82) is 0 Å². The minimum atomic E-state index is -4.44. The molecule has 2 aromatic carbocycles. The van der Waals surface area contributed by atoms with Gasteiger partial charge in [0.2, 0.25) is 0 Å². The maximum Gasteiger partial charge on any atom is 0.416 e. The van der Waals surface area contributed by atoms with E-state index in [0.717, 1.165) is 29.1 Å². The quantitative estimate of drug-likeness (QED) is 0.851. The van der Waals surface area contributed by atoms with Gasteiger partial charge in [-0.1, -0.05) is 12.1 Å². The van der Waals surface area contributed by atoms with Gasteiger partial charge in [0.25, 0.3) is 0 Å². The molecule has 0 spiro atoms. The summed E-state index contributed by atoms with van der Waals surface area (Å²) in [7, 11) is 1.58. The number of methoxy groups -OCH3 is 1. The Kier molecular flexibility index (Phi) is 5.08. The Bertz CT molecular complexity index is 712. The first kappa shape index (κ1) is 18.1. The van der Waals surface area contributed by atoms with Gasteiger partial charge in [0.15, 0.2) is 0 Å². The molecular formula is C18H20F3NO2. The number of anilines is 1. The predicted octanol–water partition coefficient (Wildman–Crippen LogP) is 4.34. The van der Waals surface area contributed by atoms with Crippen LogP contribution in [0.15, 0.2) is 42.5 Å². The summed E-state index contributed by atoms with van der Waals surface area (Å²) in [6.45, 7) is 3.43. The van der Waals surface area contributed by atoms with E-state index in [0.29, 0.717) is 0 Å². The summed E-state index contributed by atoms with van der Waals surface area (Å²) in [6, 6.07) is 10.2. The van der Waals surface area contributed by atoms with Crippen molar-refractivity contribution in [2.24, 2.45) is 0 Å². The number of hydrogen-bond acceptors (Lipinski definition) is 3. The molecule has 0 heterocycles. The molecule has 0 aliphatic carbocycles. The van der Waals surface area contributed by atoms with Gasteiger partial charge < -0.3 is 15.2 Å². The molecule has 130 valence electrons. The van der Waals surface area contributed by atoms with Crippen LogP contribution in [0.2, 0.25) is 0 Å². The summed E-state index contributed by atoms with van der Waals surface area (Å²) in [5.74, 6) is 0.741. The van der Waals surface area contributed by atoms with Crippen molar-refractivity contribution in [2.75, 3.05) is 19.0 Å². The zero-order valence-electron chi connectivity index (χ0n) is 13.7. The Morgan fingerprint density at radius 3 is 2.33 bits per heavy atom. The van der Waals surface area contributed by atoms with Crippen molar-refractivity contribution in [3.8, 4) is 5.75 Å². The number of halogens is 3. The Morgan fingerprint density at radius 2 is 1.75 bits per heavy atom. The SMILES string of the molecule is COc1ccc(NCC(C)(O)c2cccc(C(F)(F)F)c2)cc1C. The molecule has 6 heteroatoms. The van der Waals surface area contributed by atoms with Gasteiger partial charge in [-0.3, -0.25) is 0 Å². The molecule has 0 fully saturated rings. The molecule has 24 heavy (non-hydrogen) atoms. The van der Waals surface area contributed by atoms with E-state index in [4.69, 9.17) is 4.74 Å². The van der Waals surface area contributed by atoms with Gasteiger partial charge >= 0.3 is 6.18 Å². The van der Waals surface area contributed by atoms with Gasteiger partial charge in [-0.25, -0.2) is 0 Å². The van der Waals surface area contributed by atoms with Gasteiger partial charge in [-0.2, -0.15) is 13.2 Å². The summed E-state index contributed by atoms with van der Waals surface area (Å²) in [5.41, 5.74) is -0.355. The van der Waals surface area contributed by atoms with Crippen LogP contribution in [-0.2, 0) is 11.8 Å².